The first-order chi connectivity index (χ1) is 13.2. The van der Waals surface area contributed by atoms with Crippen LogP contribution >= 0.6 is 27.3 Å². The molecule has 0 bridgehead atoms. The summed E-state index contributed by atoms with van der Waals surface area (Å²) in [6.45, 7) is 0. The molecule has 0 aliphatic heterocycles. The summed E-state index contributed by atoms with van der Waals surface area (Å²) < 4.78 is 5.78. The number of rotatable bonds is 3. The zero-order valence-electron chi connectivity index (χ0n) is 13.8. The monoisotopic (exact) mass is 437 g/mol. The number of para-hydroxylation sites is 1. The Morgan fingerprint density at radius 3 is 2.78 bits per heavy atom. The van der Waals surface area contributed by atoms with Gasteiger partial charge < -0.3 is 9.40 Å². The normalized spacial score (nSPS) is 11.3. The molecule has 3 aromatic heterocycles. The third-order valence-corrected chi connectivity index (χ3v) is 5.51. The van der Waals surface area contributed by atoms with Crippen molar-refractivity contribution in [3.05, 3.63) is 70.4 Å². The molecule has 0 unspecified atom stereocenters. The Bertz CT molecular complexity index is 1300. The quantitative estimate of drug-likeness (QED) is 0.360. The van der Waals surface area contributed by atoms with Gasteiger partial charge in [-0.1, -0.05) is 30.3 Å². The van der Waals surface area contributed by atoms with Crippen LogP contribution in [-0.4, -0.2) is 15.9 Å². The molecule has 5 rings (SSSR count). The van der Waals surface area contributed by atoms with E-state index in [1.54, 1.807) is 12.1 Å². The number of H-pyrrole nitrogens is 1. The molecule has 5 nitrogen and oxygen atoms in total. The molecule has 0 aliphatic rings. The SMILES string of the molecule is O=C(Nc1nc(-c2ccc3c(c2)[nH]c2ccccc23)cs1)c1ccc(Br)o1. The van der Waals surface area contributed by atoms with Gasteiger partial charge >= 0.3 is 0 Å². The van der Waals surface area contributed by atoms with Crippen molar-refractivity contribution in [3.8, 4) is 11.3 Å². The standard InChI is InChI=1S/C20H12BrN3O2S/c21-18-8-7-17(26-18)19(25)24-20-23-16(10-27-20)11-5-6-13-12-3-1-2-4-14(12)22-15(13)9-11/h1-10,22H,(H,23,24,25). The second-order valence-electron chi connectivity index (χ2n) is 6.03. The molecule has 1 amide bonds. The van der Waals surface area contributed by atoms with E-state index < -0.39 is 0 Å². The lowest BCUT2D eigenvalue weighted by Gasteiger charge is -1.99. The summed E-state index contributed by atoms with van der Waals surface area (Å²) in [5.74, 6) is -0.0919. The van der Waals surface area contributed by atoms with Gasteiger partial charge in [0.2, 0.25) is 0 Å². The van der Waals surface area contributed by atoms with Gasteiger partial charge in [0.05, 0.1) is 5.69 Å². The second-order valence-corrected chi connectivity index (χ2v) is 7.67. The van der Waals surface area contributed by atoms with Gasteiger partial charge in [0.15, 0.2) is 15.6 Å². The molecule has 2 N–H and O–H groups in total. The number of fused-ring (bicyclic) bond motifs is 3. The van der Waals surface area contributed by atoms with Gasteiger partial charge in [-0.3, -0.25) is 10.1 Å². The summed E-state index contributed by atoms with van der Waals surface area (Å²) in [5, 5.41) is 7.61. The summed E-state index contributed by atoms with van der Waals surface area (Å²) in [4.78, 5) is 20.2. The third kappa shape index (κ3) is 2.94. The van der Waals surface area contributed by atoms with Crippen LogP contribution in [0.1, 0.15) is 10.6 Å². The summed E-state index contributed by atoms with van der Waals surface area (Å²) in [5.41, 5.74) is 3.98. The minimum atomic E-state index is -0.326. The molecule has 0 radical (unpaired) electrons. The highest BCUT2D eigenvalue weighted by Crippen LogP contribution is 2.31. The Morgan fingerprint density at radius 1 is 1.07 bits per heavy atom. The maximum atomic E-state index is 12.2. The van der Waals surface area contributed by atoms with Gasteiger partial charge in [0.25, 0.3) is 5.91 Å². The number of aromatic amines is 1. The van der Waals surface area contributed by atoms with E-state index in [0.29, 0.717) is 9.80 Å². The summed E-state index contributed by atoms with van der Waals surface area (Å²) in [6, 6.07) is 17.8. The van der Waals surface area contributed by atoms with E-state index in [1.165, 1.54) is 22.1 Å². The number of carbonyl (C=O) groups excluding carboxylic acids is 1. The van der Waals surface area contributed by atoms with Gasteiger partial charge in [-0.2, -0.15) is 0 Å². The van der Waals surface area contributed by atoms with Crippen molar-refractivity contribution in [2.45, 2.75) is 0 Å². The van der Waals surface area contributed by atoms with E-state index in [9.17, 15) is 4.79 Å². The number of nitrogens with zero attached hydrogens (tertiary/aromatic N) is 1. The van der Waals surface area contributed by atoms with Crippen LogP contribution in [0.25, 0.3) is 33.1 Å². The highest BCUT2D eigenvalue weighted by Gasteiger charge is 2.14. The van der Waals surface area contributed by atoms with Crippen LogP contribution in [0.5, 0.6) is 0 Å². The number of carbonyl (C=O) groups is 1. The number of thiazole rings is 1. The number of halogens is 1. The van der Waals surface area contributed by atoms with Crippen molar-refractivity contribution >= 4 is 60.1 Å². The molecule has 2 aromatic carbocycles. The molecule has 7 heteroatoms. The van der Waals surface area contributed by atoms with E-state index in [1.807, 2.05) is 23.6 Å². The molecule has 27 heavy (non-hydrogen) atoms. The molecule has 5 aromatic rings. The van der Waals surface area contributed by atoms with Gasteiger partial charge in [-0.05, 0) is 40.2 Å². The van der Waals surface area contributed by atoms with Crippen molar-refractivity contribution in [2.24, 2.45) is 0 Å². The van der Waals surface area contributed by atoms with Gasteiger partial charge in [-0.15, -0.1) is 11.3 Å². The lowest BCUT2D eigenvalue weighted by Crippen LogP contribution is -2.10. The molecule has 0 atom stereocenters. The van der Waals surface area contributed by atoms with Crippen LogP contribution in [0, 0.1) is 0 Å². The van der Waals surface area contributed by atoms with E-state index in [-0.39, 0.29) is 11.7 Å². The fourth-order valence-corrected chi connectivity index (χ4v) is 4.09. The van der Waals surface area contributed by atoms with Gasteiger partial charge in [0, 0.05) is 32.7 Å². The first-order valence-electron chi connectivity index (χ1n) is 8.20. The zero-order valence-corrected chi connectivity index (χ0v) is 16.2. The first-order valence-corrected chi connectivity index (χ1v) is 9.88. The smallest absolute Gasteiger partial charge is 0.293 e. The van der Waals surface area contributed by atoms with Crippen molar-refractivity contribution < 1.29 is 9.21 Å². The number of aromatic nitrogens is 2. The van der Waals surface area contributed by atoms with Crippen LogP contribution in [-0.2, 0) is 0 Å². The lowest BCUT2D eigenvalue weighted by molar-refractivity contribution is 0.0995. The first kappa shape index (κ1) is 16.3. The minimum absolute atomic E-state index is 0.234. The Hall–Kier alpha value is -2.90. The van der Waals surface area contributed by atoms with Crippen molar-refractivity contribution in [2.75, 3.05) is 5.32 Å². The molecular weight excluding hydrogens is 426 g/mol. The number of benzene rings is 2. The topological polar surface area (TPSA) is 70.9 Å². The highest BCUT2D eigenvalue weighted by molar-refractivity contribution is 9.10. The van der Waals surface area contributed by atoms with Crippen LogP contribution in [0.2, 0.25) is 0 Å². The summed E-state index contributed by atoms with van der Waals surface area (Å²) in [7, 11) is 0. The Balaban J connectivity index is 1.45. The maximum Gasteiger partial charge on any atom is 0.293 e. The van der Waals surface area contributed by atoms with E-state index >= 15 is 0 Å². The predicted octanol–water partition coefficient (Wildman–Crippen LogP) is 6.05. The van der Waals surface area contributed by atoms with Gasteiger partial charge in [-0.25, -0.2) is 4.98 Å². The zero-order chi connectivity index (χ0) is 18.4. The van der Waals surface area contributed by atoms with Crippen molar-refractivity contribution in [1.29, 1.82) is 0 Å². The average molecular weight is 438 g/mol. The average Bonchev–Trinajstić information content (AvgIpc) is 3.39. The summed E-state index contributed by atoms with van der Waals surface area (Å²) in [6.07, 6.45) is 0. The molecular formula is C20H12BrN3O2S. The number of hydrogen-bond donors (Lipinski definition) is 2. The minimum Gasteiger partial charge on any atom is -0.444 e. The predicted molar refractivity (Wildman–Crippen MR) is 111 cm³/mol. The Morgan fingerprint density at radius 2 is 1.93 bits per heavy atom. The molecule has 3 heterocycles. The Kier molecular flexibility index (Phi) is 3.84. The molecule has 132 valence electrons. The lowest BCUT2D eigenvalue weighted by atomic mass is 10.1. The molecule has 0 fully saturated rings. The molecule has 0 saturated heterocycles. The molecule has 0 spiro atoms. The van der Waals surface area contributed by atoms with Crippen LogP contribution in [0.4, 0.5) is 5.13 Å². The largest absolute Gasteiger partial charge is 0.444 e. The third-order valence-electron chi connectivity index (χ3n) is 4.32. The Labute approximate surface area is 166 Å². The summed E-state index contributed by atoms with van der Waals surface area (Å²) >= 11 is 4.57. The second kappa shape index (κ2) is 6.37. The van der Waals surface area contributed by atoms with Crippen LogP contribution in [0.15, 0.2) is 69.1 Å². The van der Waals surface area contributed by atoms with Crippen LogP contribution in [0.3, 0.4) is 0 Å². The number of furan rings is 1. The highest BCUT2D eigenvalue weighted by atomic mass is 79.9. The van der Waals surface area contributed by atoms with E-state index in [2.05, 4.69) is 55.5 Å². The number of hydrogen-bond acceptors (Lipinski definition) is 4. The number of nitrogens with one attached hydrogen (secondary N) is 2. The van der Waals surface area contributed by atoms with E-state index in [4.69, 9.17) is 4.42 Å². The van der Waals surface area contributed by atoms with Crippen LogP contribution < -0.4 is 5.32 Å². The number of amides is 1. The van der Waals surface area contributed by atoms with Crippen molar-refractivity contribution in [3.63, 3.8) is 0 Å². The maximum absolute atomic E-state index is 12.2. The van der Waals surface area contributed by atoms with E-state index in [0.717, 1.165) is 22.3 Å². The van der Waals surface area contributed by atoms with Gasteiger partial charge in [0.1, 0.15) is 0 Å². The molecule has 0 saturated carbocycles. The number of anilines is 1. The molecule has 0 aliphatic carbocycles. The fraction of sp³-hybridized carbons (Fsp3) is 0. The van der Waals surface area contributed by atoms with Crippen molar-refractivity contribution in [1.82, 2.24) is 9.97 Å². The fourth-order valence-electron chi connectivity index (χ4n) is 3.07.